The molecule has 0 aliphatic rings. The standard InChI is InChI=1S/3C6H18NSi2.Cr/c3*1-8(2,3)7-9(4,5)6;/h3*1-6H3;/q3*-1;+2. The van der Waals surface area contributed by atoms with Crippen LogP contribution in [0.25, 0.3) is 13.9 Å². The van der Waals surface area contributed by atoms with Crippen LogP contribution in [0.4, 0.5) is 0 Å². The fraction of sp³-hybridized carbons (Fsp3) is 1.00. The van der Waals surface area contributed by atoms with Crippen LogP contribution in [0.15, 0.2) is 0 Å². The van der Waals surface area contributed by atoms with Crippen molar-refractivity contribution in [1.82, 2.24) is 0 Å². The first kappa shape index (κ1) is 37.1. The number of nitrogens with zero attached hydrogens (tertiary/aromatic N) is 3. The van der Waals surface area contributed by atoms with Gasteiger partial charge in [0.25, 0.3) is 0 Å². The van der Waals surface area contributed by atoms with Crippen molar-refractivity contribution in [2.45, 2.75) is 118 Å². The van der Waals surface area contributed by atoms with Crippen molar-refractivity contribution < 1.29 is 17.4 Å². The predicted molar refractivity (Wildman–Crippen MR) is 150 cm³/mol. The van der Waals surface area contributed by atoms with Crippen molar-refractivity contribution in [3.63, 3.8) is 0 Å². The smallest absolute Gasteiger partial charge is 0.668 e. The maximum Gasteiger partial charge on any atom is 2.00 e. The van der Waals surface area contributed by atoms with Gasteiger partial charge in [-0.05, 0) is 0 Å². The monoisotopic (exact) mass is 532 g/mol. The fourth-order valence-corrected chi connectivity index (χ4v) is 27.2. The molecule has 0 bridgehead atoms. The van der Waals surface area contributed by atoms with Crippen LogP contribution in [0.3, 0.4) is 0 Å². The van der Waals surface area contributed by atoms with E-state index >= 15 is 0 Å². The zero-order valence-electron chi connectivity index (χ0n) is 22.7. The third kappa shape index (κ3) is 50.9. The van der Waals surface area contributed by atoms with Gasteiger partial charge in [0.2, 0.25) is 0 Å². The number of rotatable bonds is 6. The Morgan fingerprint density at radius 2 is 0.321 bits per heavy atom. The van der Waals surface area contributed by atoms with Gasteiger partial charge in [-0.25, -0.2) is 0 Å². The molecule has 0 atom stereocenters. The van der Waals surface area contributed by atoms with E-state index < -0.39 is 49.4 Å². The van der Waals surface area contributed by atoms with Crippen LogP contribution in [-0.4, -0.2) is 49.4 Å². The van der Waals surface area contributed by atoms with E-state index in [2.05, 4.69) is 118 Å². The Bertz CT molecular complexity index is 297. The second-order valence-electron chi connectivity index (χ2n) is 13.4. The zero-order valence-corrected chi connectivity index (χ0v) is 30.0. The van der Waals surface area contributed by atoms with Crippen LogP contribution in [-0.2, 0) is 17.4 Å². The van der Waals surface area contributed by atoms with E-state index in [-0.39, 0.29) is 17.4 Å². The Kier molecular flexibility index (Phi) is 17.6. The van der Waals surface area contributed by atoms with E-state index in [1.807, 2.05) is 0 Å². The molecule has 28 heavy (non-hydrogen) atoms. The van der Waals surface area contributed by atoms with Crippen LogP contribution in [0.2, 0.25) is 118 Å². The Labute approximate surface area is 197 Å². The summed E-state index contributed by atoms with van der Waals surface area (Å²) < 4.78 is 14.5. The molecule has 0 N–H and O–H groups in total. The molecule has 0 aromatic heterocycles. The van der Waals surface area contributed by atoms with Crippen molar-refractivity contribution in [3.8, 4) is 0 Å². The van der Waals surface area contributed by atoms with E-state index in [0.29, 0.717) is 0 Å². The molecule has 0 aliphatic heterocycles. The quantitative estimate of drug-likeness (QED) is 0.306. The van der Waals surface area contributed by atoms with Crippen molar-refractivity contribution in [2.24, 2.45) is 0 Å². The van der Waals surface area contributed by atoms with Crippen molar-refractivity contribution in [1.29, 1.82) is 0 Å². The molecule has 0 aromatic carbocycles. The van der Waals surface area contributed by atoms with Gasteiger partial charge in [-0.2, -0.15) is 0 Å². The molecule has 0 heterocycles. The summed E-state index contributed by atoms with van der Waals surface area (Å²) in [7, 11) is -6.64. The van der Waals surface area contributed by atoms with E-state index in [0.717, 1.165) is 0 Å². The average Bonchev–Trinajstić information content (AvgIpc) is 1.96. The predicted octanol–water partition coefficient (Wildman–Crippen LogP) is 9.09. The minimum atomic E-state index is -1.11. The van der Waals surface area contributed by atoms with Gasteiger partial charge in [0.15, 0.2) is 0 Å². The number of hydrogen-bond donors (Lipinski definition) is 0. The summed E-state index contributed by atoms with van der Waals surface area (Å²) in [4.78, 5) is 0. The summed E-state index contributed by atoms with van der Waals surface area (Å²) in [6.07, 6.45) is 0. The molecule has 0 rings (SSSR count). The molecule has 0 fully saturated rings. The molecule has 0 spiro atoms. The van der Waals surface area contributed by atoms with Gasteiger partial charge in [0.05, 0.1) is 0 Å². The summed E-state index contributed by atoms with van der Waals surface area (Å²) >= 11 is 0. The molecule has 0 aliphatic carbocycles. The average molecular weight is 533 g/mol. The first-order valence-electron chi connectivity index (χ1n) is 10.3. The fourth-order valence-electron chi connectivity index (χ4n) is 3.02. The summed E-state index contributed by atoms with van der Waals surface area (Å²) in [6.45, 7) is 41.3. The molecule has 3 nitrogen and oxygen atoms in total. The zero-order chi connectivity index (χ0) is 23.1. The number of hydrogen-bond acceptors (Lipinski definition) is 0. The third-order valence-corrected chi connectivity index (χ3v) is 18.1. The van der Waals surface area contributed by atoms with Gasteiger partial charge in [-0.1, -0.05) is 167 Å². The summed E-state index contributed by atoms with van der Waals surface area (Å²) in [5.41, 5.74) is 0. The SMILES string of the molecule is C[Si](C)(C)[N-][Si](C)(C)C.C[Si](C)(C)[N-][Si](C)(C)C.C[Si](C)(C)[N-][Si](C)(C)C.[Cr+2]. The Hall–Kier alpha value is 1.71. The van der Waals surface area contributed by atoms with Gasteiger partial charge in [0, 0.05) is 0 Å². The van der Waals surface area contributed by atoms with Crippen LogP contribution in [0, 0.1) is 0 Å². The van der Waals surface area contributed by atoms with Gasteiger partial charge in [0.1, 0.15) is 0 Å². The first-order valence-corrected chi connectivity index (χ1v) is 31.0. The summed E-state index contributed by atoms with van der Waals surface area (Å²) in [5.74, 6) is 0. The topological polar surface area (TPSA) is 42.3 Å². The summed E-state index contributed by atoms with van der Waals surface area (Å²) in [6, 6.07) is 0. The maximum absolute atomic E-state index is 4.82. The maximum atomic E-state index is 4.82. The van der Waals surface area contributed by atoms with Gasteiger partial charge < -0.3 is 13.9 Å². The molecule has 0 radical (unpaired) electrons. The summed E-state index contributed by atoms with van der Waals surface area (Å²) in [5, 5.41) is 0. The second-order valence-corrected chi connectivity index (χ2v) is 42.1. The van der Waals surface area contributed by atoms with Gasteiger partial charge in [-0.3, -0.25) is 0 Å². The Morgan fingerprint density at radius 1 is 0.250 bits per heavy atom. The van der Waals surface area contributed by atoms with E-state index in [1.165, 1.54) is 0 Å². The van der Waals surface area contributed by atoms with E-state index in [4.69, 9.17) is 13.9 Å². The molecule has 0 amide bonds. The third-order valence-electron chi connectivity index (χ3n) is 2.01. The first-order chi connectivity index (χ1) is 11.1. The Morgan fingerprint density at radius 3 is 0.321 bits per heavy atom. The van der Waals surface area contributed by atoms with Crippen molar-refractivity contribution in [3.05, 3.63) is 13.9 Å². The molecule has 172 valence electrons. The molecular formula is C18H54CrN3Si6-. The molecule has 0 aromatic rings. The second kappa shape index (κ2) is 13.3. The van der Waals surface area contributed by atoms with Crippen LogP contribution >= 0.6 is 0 Å². The molecule has 0 saturated heterocycles. The largest absolute Gasteiger partial charge is 2.00 e. The van der Waals surface area contributed by atoms with Crippen LogP contribution < -0.4 is 0 Å². The Balaban J connectivity index is -0.000000152. The minimum Gasteiger partial charge on any atom is -0.668 e. The van der Waals surface area contributed by atoms with Crippen LogP contribution in [0.5, 0.6) is 0 Å². The molecule has 10 heteroatoms. The van der Waals surface area contributed by atoms with Crippen LogP contribution in [0.1, 0.15) is 0 Å². The van der Waals surface area contributed by atoms with E-state index in [9.17, 15) is 0 Å². The van der Waals surface area contributed by atoms with Crippen molar-refractivity contribution in [2.75, 3.05) is 0 Å². The van der Waals surface area contributed by atoms with Gasteiger partial charge in [-0.15, -0.1) is 0 Å². The molecular weight excluding hydrogens is 479 g/mol. The normalized spacial score (nSPS) is 13.5. The van der Waals surface area contributed by atoms with Gasteiger partial charge >= 0.3 is 17.4 Å². The minimum absolute atomic E-state index is 0. The van der Waals surface area contributed by atoms with Crippen molar-refractivity contribution >= 4 is 49.4 Å². The molecule has 0 saturated carbocycles. The molecule has 0 unspecified atom stereocenters. The van der Waals surface area contributed by atoms with E-state index in [1.54, 1.807) is 0 Å².